The van der Waals surface area contributed by atoms with Gasteiger partial charge in [0.1, 0.15) is 6.54 Å². The van der Waals surface area contributed by atoms with E-state index in [1.54, 1.807) is 12.1 Å². The Morgan fingerprint density at radius 3 is 2.58 bits per heavy atom. The van der Waals surface area contributed by atoms with Crippen LogP contribution in [0.15, 0.2) is 17.5 Å². The number of thiophene rings is 1. The predicted molar refractivity (Wildman–Crippen MR) is 70.3 cm³/mol. The summed E-state index contributed by atoms with van der Waals surface area (Å²) in [5, 5.41) is 10.6. The summed E-state index contributed by atoms with van der Waals surface area (Å²) in [6.45, 7) is -0.267. The minimum atomic E-state index is -1.01. The standard InChI is InChI=1S/C13H15NO4S/c15-10(11-2-1-7-19-11)5-6-12(16)14(8-13(17)18)9-3-4-9/h1-2,7,9H,3-6,8H2,(H,17,18). The molecule has 1 heterocycles. The van der Waals surface area contributed by atoms with Gasteiger partial charge in [0.05, 0.1) is 4.88 Å². The average Bonchev–Trinajstić information content (AvgIpc) is 3.06. The van der Waals surface area contributed by atoms with Crippen LogP contribution in [0, 0.1) is 0 Å². The normalized spacial score (nSPS) is 14.1. The van der Waals surface area contributed by atoms with Crippen LogP contribution in [0.1, 0.15) is 35.4 Å². The average molecular weight is 281 g/mol. The van der Waals surface area contributed by atoms with E-state index in [0.717, 1.165) is 12.8 Å². The van der Waals surface area contributed by atoms with Crippen molar-refractivity contribution in [1.82, 2.24) is 4.90 Å². The van der Waals surface area contributed by atoms with Crippen LogP contribution < -0.4 is 0 Å². The highest BCUT2D eigenvalue weighted by molar-refractivity contribution is 7.12. The maximum atomic E-state index is 11.9. The van der Waals surface area contributed by atoms with Crippen LogP contribution in [0.2, 0.25) is 0 Å². The van der Waals surface area contributed by atoms with Gasteiger partial charge >= 0.3 is 5.97 Å². The number of rotatable bonds is 7. The number of aliphatic carboxylic acids is 1. The first-order valence-corrected chi connectivity index (χ1v) is 7.04. The van der Waals surface area contributed by atoms with Gasteiger partial charge in [0, 0.05) is 18.9 Å². The zero-order chi connectivity index (χ0) is 13.8. The van der Waals surface area contributed by atoms with E-state index in [1.165, 1.54) is 16.2 Å². The molecule has 0 spiro atoms. The molecule has 0 aromatic carbocycles. The van der Waals surface area contributed by atoms with E-state index in [1.807, 2.05) is 5.38 Å². The van der Waals surface area contributed by atoms with E-state index in [4.69, 9.17) is 5.11 Å². The van der Waals surface area contributed by atoms with Crippen LogP contribution in [0.4, 0.5) is 0 Å². The number of carboxylic acid groups (broad SMARTS) is 1. The first kappa shape index (κ1) is 13.7. The lowest BCUT2D eigenvalue weighted by Crippen LogP contribution is -2.37. The number of amides is 1. The van der Waals surface area contributed by atoms with E-state index < -0.39 is 5.97 Å². The Balaban J connectivity index is 1.85. The first-order chi connectivity index (χ1) is 9.08. The van der Waals surface area contributed by atoms with Crippen molar-refractivity contribution >= 4 is 29.0 Å². The third-order valence-electron chi connectivity index (χ3n) is 2.98. The highest BCUT2D eigenvalue weighted by Gasteiger charge is 2.33. The quantitative estimate of drug-likeness (QED) is 0.773. The number of carbonyl (C=O) groups excluding carboxylic acids is 2. The highest BCUT2D eigenvalue weighted by Crippen LogP contribution is 2.27. The molecular formula is C13H15NO4S. The maximum absolute atomic E-state index is 11.9. The van der Waals surface area contributed by atoms with Crippen molar-refractivity contribution in [1.29, 1.82) is 0 Å². The van der Waals surface area contributed by atoms with Crippen LogP contribution in [-0.4, -0.2) is 40.3 Å². The highest BCUT2D eigenvalue weighted by atomic mass is 32.1. The molecule has 1 saturated carbocycles. The fraction of sp³-hybridized carbons (Fsp3) is 0.462. The van der Waals surface area contributed by atoms with Crippen molar-refractivity contribution < 1.29 is 19.5 Å². The van der Waals surface area contributed by atoms with Crippen LogP contribution in [0.25, 0.3) is 0 Å². The molecular weight excluding hydrogens is 266 g/mol. The Labute approximate surface area is 114 Å². The lowest BCUT2D eigenvalue weighted by Gasteiger charge is -2.19. The summed E-state index contributed by atoms with van der Waals surface area (Å²) in [5.74, 6) is -1.31. The van der Waals surface area contributed by atoms with Gasteiger partial charge < -0.3 is 10.0 Å². The molecule has 0 unspecified atom stereocenters. The third-order valence-corrected chi connectivity index (χ3v) is 3.89. The number of Topliss-reactive ketones (excluding diaryl/α,β-unsaturated/α-hetero) is 1. The largest absolute Gasteiger partial charge is 0.480 e. The van der Waals surface area contributed by atoms with Crippen LogP contribution >= 0.6 is 11.3 Å². The molecule has 1 aromatic rings. The topological polar surface area (TPSA) is 74.7 Å². The summed E-state index contributed by atoms with van der Waals surface area (Å²) in [4.78, 5) is 36.4. The Hall–Kier alpha value is -1.69. The number of nitrogens with zero attached hydrogens (tertiary/aromatic N) is 1. The summed E-state index contributed by atoms with van der Waals surface area (Å²) >= 11 is 1.35. The van der Waals surface area contributed by atoms with Crippen molar-refractivity contribution in [3.8, 4) is 0 Å². The molecule has 5 nitrogen and oxygen atoms in total. The maximum Gasteiger partial charge on any atom is 0.323 e. The van der Waals surface area contributed by atoms with Gasteiger partial charge in [0.15, 0.2) is 5.78 Å². The summed E-state index contributed by atoms with van der Waals surface area (Å²) in [6, 6.07) is 3.58. The van der Waals surface area contributed by atoms with Crippen molar-refractivity contribution in [2.45, 2.75) is 31.7 Å². The van der Waals surface area contributed by atoms with Gasteiger partial charge in [-0.15, -0.1) is 11.3 Å². The summed E-state index contributed by atoms with van der Waals surface area (Å²) in [7, 11) is 0. The Bertz CT molecular complexity index is 479. The van der Waals surface area contributed by atoms with Gasteiger partial charge in [0.2, 0.25) is 5.91 Å². The third kappa shape index (κ3) is 3.89. The molecule has 0 aliphatic heterocycles. The molecule has 1 aromatic heterocycles. The molecule has 102 valence electrons. The van der Waals surface area contributed by atoms with Crippen LogP contribution in [-0.2, 0) is 9.59 Å². The molecule has 1 fully saturated rings. The van der Waals surface area contributed by atoms with E-state index in [-0.39, 0.29) is 37.1 Å². The Kier molecular flexibility index (Phi) is 4.31. The molecule has 1 aliphatic rings. The molecule has 2 rings (SSSR count). The Morgan fingerprint density at radius 1 is 1.32 bits per heavy atom. The summed E-state index contributed by atoms with van der Waals surface area (Å²) in [5.41, 5.74) is 0. The second-order valence-electron chi connectivity index (χ2n) is 4.55. The second kappa shape index (κ2) is 5.97. The monoisotopic (exact) mass is 281 g/mol. The minimum absolute atomic E-state index is 0.0560. The van der Waals surface area contributed by atoms with E-state index in [0.29, 0.717) is 4.88 Å². The molecule has 0 bridgehead atoms. The van der Waals surface area contributed by atoms with Gasteiger partial charge in [-0.2, -0.15) is 0 Å². The SMILES string of the molecule is O=C(O)CN(C(=O)CCC(=O)c1cccs1)C1CC1. The van der Waals surface area contributed by atoms with E-state index >= 15 is 0 Å². The van der Waals surface area contributed by atoms with Gasteiger partial charge in [0.25, 0.3) is 0 Å². The smallest absolute Gasteiger partial charge is 0.323 e. The van der Waals surface area contributed by atoms with Gasteiger partial charge in [-0.1, -0.05) is 6.07 Å². The Morgan fingerprint density at radius 2 is 2.05 bits per heavy atom. The van der Waals surface area contributed by atoms with Crippen molar-refractivity contribution in [2.24, 2.45) is 0 Å². The minimum Gasteiger partial charge on any atom is -0.480 e. The number of hydrogen-bond acceptors (Lipinski definition) is 4. The first-order valence-electron chi connectivity index (χ1n) is 6.16. The molecule has 1 amide bonds. The summed E-state index contributed by atoms with van der Waals surface area (Å²) in [6.07, 6.45) is 1.94. The van der Waals surface area contributed by atoms with Crippen molar-refractivity contribution in [3.63, 3.8) is 0 Å². The lowest BCUT2D eigenvalue weighted by atomic mass is 10.2. The zero-order valence-corrected chi connectivity index (χ0v) is 11.2. The molecule has 1 N–H and O–H groups in total. The molecule has 6 heteroatoms. The molecule has 19 heavy (non-hydrogen) atoms. The van der Waals surface area contributed by atoms with Crippen molar-refractivity contribution in [2.75, 3.05) is 6.54 Å². The lowest BCUT2D eigenvalue weighted by molar-refractivity contribution is -0.144. The zero-order valence-electron chi connectivity index (χ0n) is 10.4. The molecule has 0 radical (unpaired) electrons. The summed E-state index contributed by atoms with van der Waals surface area (Å²) < 4.78 is 0. The fourth-order valence-electron chi connectivity index (χ4n) is 1.88. The van der Waals surface area contributed by atoms with Gasteiger partial charge in [-0.25, -0.2) is 0 Å². The van der Waals surface area contributed by atoms with Gasteiger partial charge in [-0.3, -0.25) is 14.4 Å². The second-order valence-corrected chi connectivity index (χ2v) is 5.49. The molecule has 0 atom stereocenters. The van der Waals surface area contributed by atoms with E-state index in [2.05, 4.69) is 0 Å². The predicted octanol–water partition coefficient (Wildman–Crippen LogP) is 1.79. The number of hydrogen-bond donors (Lipinski definition) is 1. The van der Waals surface area contributed by atoms with Crippen LogP contribution in [0.5, 0.6) is 0 Å². The molecule has 1 aliphatic carbocycles. The van der Waals surface area contributed by atoms with Crippen molar-refractivity contribution in [3.05, 3.63) is 22.4 Å². The van der Waals surface area contributed by atoms with Gasteiger partial charge in [-0.05, 0) is 24.3 Å². The molecule has 0 saturated heterocycles. The number of carboxylic acids is 1. The number of carbonyl (C=O) groups is 3. The number of ketones is 1. The fourth-order valence-corrected chi connectivity index (χ4v) is 2.57. The van der Waals surface area contributed by atoms with Crippen LogP contribution in [0.3, 0.4) is 0 Å². The van der Waals surface area contributed by atoms with E-state index in [9.17, 15) is 14.4 Å².